The molecule has 8 nitrogen and oxygen atoms in total. The minimum absolute atomic E-state index is 0.0532. The molecule has 1 amide bonds. The Bertz CT molecular complexity index is 1090. The number of rotatable bonds is 7. The highest BCUT2D eigenvalue weighted by atomic mass is 19.4. The average molecular weight is 483 g/mol. The predicted molar refractivity (Wildman–Crippen MR) is 116 cm³/mol. The van der Waals surface area contributed by atoms with Crippen LogP contribution in [0.2, 0.25) is 0 Å². The van der Waals surface area contributed by atoms with Crippen molar-refractivity contribution in [3.8, 4) is 11.3 Å². The molecule has 2 atom stereocenters. The van der Waals surface area contributed by atoms with E-state index < -0.39 is 36.7 Å². The van der Waals surface area contributed by atoms with Gasteiger partial charge in [0.15, 0.2) is 11.5 Å². The van der Waals surface area contributed by atoms with Gasteiger partial charge in [0.25, 0.3) is 5.91 Å². The Morgan fingerprint density at radius 3 is 2.76 bits per heavy atom. The molecular formula is C21H22F5N7O. The lowest BCUT2D eigenvalue weighted by molar-refractivity contribution is -0.122. The maximum atomic E-state index is 14.6. The second-order valence-corrected chi connectivity index (χ2v) is 7.59. The van der Waals surface area contributed by atoms with E-state index in [0.29, 0.717) is 6.54 Å². The monoisotopic (exact) mass is 483 g/mol. The number of allylic oxidation sites excluding steroid dienone is 1. The Kier molecular flexibility index (Phi) is 7.76. The third-order valence-electron chi connectivity index (χ3n) is 4.94. The molecule has 0 saturated carbocycles. The molecule has 0 bridgehead atoms. The standard InChI is InChI=1S/C21H22F5N7O/c22-13-4-14(8-29-7-13)32-20(34)18-19(28)31-9-17(33-18)15-3-11(1-2-16(15)23)12(5-27)6-30-10-21(24,25)26/h1-3,5-6,9,13-14,27,29-30H,4,7-8,10H2,(H2,28,31)(H,32,34)/b12-6+,27-5?. The summed E-state index contributed by atoms with van der Waals surface area (Å²) < 4.78 is 65.3. The normalized spacial score (nSPS) is 18.9. The highest BCUT2D eigenvalue weighted by Gasteiger charge is 2.26. The number of nitrogens with zero attached hydrogens (tertiary/aromatic N) is 2. The van der Waals surface area contributed by atoms with Gasteiger partial charge in [-0.15, -0.1) is 0 Å². The summed E-state index contributed by atoms with van der Waals surface area (Å²) in [6, 6.07) is 3.11. The quantitative estimate of drug-likeness (QED) is 0.304. The van der Waals surface area contributed by atoms with Crippen LogP contribution in [-0.2, 0) is 0 Å². The van der Waals surface area contributed by atoms with Crippen LogP contribution in [0.15, 0.2) is 30.6 Å². The van der Waals surface area contributed by atoms with E-state index in [-0.39, 0.29) is 46.9 Å². The maximum absolute atomic E-state index is 14.6. The molecule has 2 aromatic rings. The number of aromatic nitrogens is 2. The fourth-order valence-corrected chi connectivity index (χ4v) is 3.33. The number of benzene rings is 1. The van der Waals surface area contributed by atoms with Gasteiger partial charge in [0, 0.05) is 49.1 Å². The largest absolute Gasteiger partial charge is 0.405 e. The summed E-state index contributed by atoms with van der Waals surface area (Å²) in [6.07, 6.45) is -2.52. The molecule has 0 radical (unpaired) electrons. The second kappa shape index (κ2) is 10.5. The lowest BCUT2D eigenvalue weighted by Gasteiger charge is -2.26. The van der Waals surface area contributed by atoms with Gasteiger partial charge in [-0.05, 0) is 17.7 Å². The molecular weight excluding hydrogens is 461 g/mol. The maximum Gasteiger partial charge on any atom is 0.405 e. The summed E-state index contributed by atoms with van der Waals surface area (Å²) in [5.74, 6) is -1.66. The highest BCUT2D eigenvalue weighted by Crippen LogP contribution is 2.26. The number of nitrogens with one attached hydrogen (secondary N) is 4. The van der Waals surface area contributed by atoms with Crippen molar-refractivity contribution in [1.82, 2.24) is 25.9 Å². The number of hydrogen-bond acceptors (Lipinski definition) is 7. The van der Waals surface area contributed by atoms with Crippen molar-refractivity contribution in [3.63, 3.8) is 0 Å². The van der Waals surface area contributed by atoms with Gasteiger partial charge in [0.05, 0.1) is 11.9 Å². The Morgan fingerprint density at radius 1 is 1.32 bits per heavy atom. The minimum atomic E-state index is -4.45. The third-order valence-corrected chi connectivity index (χ3v) is 4.94. The first-order valence-electron chi connectivity index (χ1n) is 10.2. The topological polar surface area (TPSA) is 129 Å². The molecule has 0 spiro atoms. The van der Waals surface area contributed by atoms with E-state index in [1.165, 1.54) is 12.1 Å². The van der Waals surface area contributed by atoms with Gasteiger partial charge < -0.3 is 27.1 Å². The number of amides is 1. The van der Waals surface area contributed by atoms with Crippen LogP contribution < -0.4 is 21.7 Å². The number of alkyl halides is 4. The zero-order chi connectivity index (χ0) is 24.9. The van der Waals surface area contributed by atoms with Crippen LogP contribution in [0.1, 0.15) is 22.5 Å². The molecule has 3 rings (SSSR count). The van der Waals surface area contributed by atoms with Crippen LogP contribution >= 0.6 is 0 Å². The molecule has 1 aromatic heterocycles. The van der Waals surface area contributed by atoms with Crippen molar-refractivity contribution in [1.29, 1.82) is 5.41 Å². The van der Waals surface area contributed by atoms with E-state index in [4.69, 9.17) is 11.1 Å². The number of nitrogen functional groups attached to an aromatic ring is 1. The summed E-state index contributed by atoms with van der Waals surface area (Å²) in [6.45, 7) is -0.756. The van der Waals surface area contributed by atoms with E-state index in [2.05, 4.69) is 25.9 Å². The van der Waals surface area contributed by atoms with Crippen LogP contribution in [0, 0.1) is 11.2 Å². The van der Waals surface area contributed by atoms with Crippen LogP contribution in [0.5, 0.6) is 0 Å². The lowest BCUT2D eigenvalue weighted by atomic mass is 10.0. The number of anilines is 1. The van der Waals surface area contributed by atoms with E-state index in [1.807, 2.05) is 0 Å². The Morgan fingerprint density at radius 2 is 2.09 bits per heavy atom. The highest BCUT2D eigenvalue weighted by molar-refractivity contribution is 6.08. The molecule has 182 valence electrons. The Labute approximate surface area is 191 Å². The van der Waals surface area contributed by atoms with E-state index >= 15 is 0 Å². The summed E-state index contributed by atoms with van der Waals surface area (Å²) >= 11 is 0. The zero-order valence-electron chi connectivity index (χ0n) is 17.7. The van der Waals surface area contributed by atoms with Crippen LogP contribution in [-0.4, -0.2) is 60.1 Å². The molecule has 1 fully saturated rings. The van der Waals surface area contributed by atoms with Crippen LogP contribution in [0.3, 0.4) is 0 Å². The van der Waals surface area contributed by atoms with E-state index in [1.54, 1.807) is 0 Å². The SMILES string of the molecule is N=C/C(=C\NCC(F)(F)F)c1ccc(F)c(-c2cnc(N)c(C(=O)NC3CNCC(F)C3)n2)c1. The number of nitrogens with two attached hydrogens (primary N) is 1. The number of piperidine rings is 1. The van der Waals surface area contributed by atoms with Gasteiger partial charge in [0.1, 0.15) is 18.5 Å². The molecule has 1 aromatic carbocycles. The number of hydrogen-bond donors (Lipinski definition) is 5. The van der Waals surface area contributed by atoms with Crippen molar-refractivity contribution in [3.05, 3.63) is 47.7 Å². The third kappa shape index (κ3) is 6.47. The minimum Gasteiger partial charge on any atom is -0.382 e. The number of carbonyl (C=O) groups excluding carboxylic acids is 1. The van der Waals surface area contributed by atoms with E-state index in [9.17, 15) is 26.7 Å². The molecule has 2 unspecified atom stereocenters. The first-order valence-corrected chi connectivity index (χ1v) is 10.2. The summed E-state index contributed by atoms with van der Waals surface area (Å²) in [7, 11) is 0. The van der Waals surface area contributed by atoms with Crippen molar-refractivity contribution < 1.29 is 26.7 Å². The van der Waals surface area contributed by atoms with Crippen molar-refractivity contribution in [2.45, 2.75) is 24.8 Å². The molecule has 0 aliphatic carbocycles. The molecule has 1 saturated heterocycles. The first-order chi connectivity index (χ1) is 16.1. The smallest absolute Gasteiger partial charge is 0.382 e. The van der Waals surface area contributed by atoms with Gasteiger partial charge in [0.2, 0.25) is 0 Å². The van der Waals surface area contributed by atoms with E-state index in [0.717, 1.165) is 24.7 Å². The van der Waals surface area contributed by atoms with Gasteiger partial charge in [-0.25, -0.2) is 18.7 Å². The zero-order valence-corrected chi connectivity index (χ0v) is 17.7. The molecule has 13 heteroatoms. The van der Waals surface area contributed by atoms with Gasteiger partial charge >= 0.3 is 6.18 Å². The molecule has 34 heavy (non-hydrogen) atoms. The fraction of sp³-hybridized carbons (Fsp3) is 0.333. The van der Waals surface area contributed by atoms with Gasteiger partial charge in [-0.1, -0.05) is 6.07 Å². The van der Waals surface area contributed by atoms with Gasteiger partial charge in [-0.2, -0.15) is 13.2 Å². The second-order valence-electron chi connectivity index (χ2n) is 7.59. The first kappa shape index (κ1) is 25.0. The summed E-state index contributed by atoms with van der Waals surface area (Å²) in [4.78, 5) is 20.7. The van der Waals surface area contributed by atoms with Crippen molar-refractivity contribution in [2.24, 2.45) is 0 Å². The lowest BCUT2D eigenvalue weighted by Crippen LogP contribution is -2.49. The number of halogens is 5. The molecule has 1 aliphatic rings. The van der Waals surface area contributed by atoms with Crippen LogP contribution in [0.25, 0.3) is 16.8 Å². The number of carbonyl (C=O) groups is 1. The predicted octanol–water partition coefficient (Wildman–Crippen LogP) is 2.44. The van der Waals surface area contributed by atoms with Crippen molar-refractivity contribution in [2.75, 3.05) is 25.4 Å². The van der Waals surface area contributed by atoms with Crippen LogP contribution in [0.4, 0.5) is 27.8 Å². The summed E-state index contributed by atoms with van der Waals surface area (Å²) in [5.41, 5.74) is 5.61. The molecule has 1 aliphatic heterocycles. The molecule has 2 heterocycles. The Balaban J connectivity index is 1.87. The van der Waals surface area contributed by atoms with Crippen molar-refractivity contribution >= 4 is 23.5 Å². The summed E-state index contributed by atoms with van der Waals surface area (Å²) in [5, 5.41) is 15.0. The fourth-order valence-electron chi connectivity index (χ4n) is 3.33. The van der Waals surface area contributed by atoms with Gasteiger partial charge in [-0.3, -0.25) is 4.79 Å². The molecule has 6 N–H and O–H groups in total. The average Bonchev–Trinajstić information content (AvgIpc) is 2.77. The Hall–Kier alpha value is -3.61.